The van der Waals surface area contributed by atoms with Gasteiger partial charge in [-0.25, -0.2) is 0 Å². The first-order valence-corrected chi connectivity index (χ1v) is 11.3. The summed E-state index contributed by atoms with van der Waals surface area (Å²) in [5, 5.41) is 0. The van der Waals surface area contributed by atoms with Crippen LogP contribution in [0.1, 0.15) is 32.3 Å². The van der Waals surface area contributed by atoms with Crippen LogP contribution in [0.15, 0.2) is 59.1 Å². The molecule has 1 saturated heterocycles. The molecule has 1 aliphatic heterocycles. The van der Waals surface area contributed by atoms with Gasteiger partial charge >= 0.3 is 6.18 Å². The smallest absolute Gasteiger partial charge is 0.367 e. The van der Waals surface area contributed by atoms with Crippen LogP contribution >= 0.6 is 15.9 Å². The van der Waals surface area contributed by atoms with Crippen LogP contribution in [0.25, 0.3) is 0 Å². The van der Waals surface area contributed by atoms with Gasteiger partial charge in [0.2, 0.25) is 0 Å². The van der Waals surface area contributed by atoms with Crippen LogP contribution < -0.4 is 4.90 Å². The SMILES string of the molecule is CC(C)(CN1CCC(CN(Cc2ccccc2)c2ccc(Br)cc2)CC1)C(F)(F)F. The Hall–Kier alpha value is -1.53. The number of rotatable bonds is 7. The molecule has 0 N–H and O–H groups in total. The molecule has 2 aromatic rings. The number of hydrogen-bond acceptors (Lipinski definition) is 2. The Labute approximate surface area is 186 Å². The maximum Gasteiger partial charge on any atom is 0.395 e. The van der Waals surface area contributed by atoms with E-state index in [1.165, 1.54) is 25.1 Å². The van der Waals surface area contributed by atoms with Crippen LogP contribution in [0.4, 0.5) is 18.9 Å². The summed E-state index contributed by atoms with van der Waals surface area (Å²) >= 11 is 3.50. The lowest BCUT2D eigenvalue weighted by molar-refractivity contribution is -0.217. The lowest BCUT2D eigenvalue weighted by Crippen LogP contribution is -2.47. The molecule has 0 bridgehead atoms. The Morgan fingerprint density at radius 2 is 1.57 bits per heavy atom. The molecule has 2 nitrogen and oxygen atoms in total. The first kappa shape index (κ1) is 23.1. The normalized spacial score (nSPS) is 16.6. The summed E-state index contributed by atoms with van der Waals surface area (Å²) < 4.78 is 40.7. The van der Waals surface area contributed by atoms with Crippen molar-refractivity contribution >= 4 is 21.6 Å². The molecule has 0 aliphatic carbocycles. The van der Waals surface area contributed by atoms with E-state index in [4.69, 9.17) is 0 Å². The van der Waals surface area contributed by atoms with Gasteiger partial charge in [-0.3, -0.25) is 0 Å². The van der Waals surface area contributed by atoms with E-state index in [0.29, 0.717) is 5.92 Å². The number of halogens is 4. The molecule has 0 amide bonds. The van der Waals surface area contributed by atoms with Crippen molar-refractivity contribution in [1.29, 1.82) is 0 Å². The zero-order valence-electron chi connectivity index (χ0n) is 17.6. The van der Waals surface area contributed by atoms with Crippen LogP contribution in [0.2, 0.25) is 0 Å². The first-order valence-electron chi connectivity index (χ1n) is 10.5. The summed E-state index contributed by atoms with van der Waals surface area (Å²) in [6, 6.07) is 18.7. The van der Waals surface area contributed by atoms with Gasteiger partial charge < -0.3 is 9.80 Å². The summed E-state index contributed by atoms with van der Waals surface area (Å²) in [6.45, 7) is 5.86. The van der Waals surface area contributed by atoms with Gasteiger partial charge in [-0.2, -0.15) is 13.2 Å². The Balaban J connectivity index is 1.62. The van der Waals surface area contributed by atoms with E-state index >= 15 is 0 Å². The van der Waals surface area contributed by atoms with E-state index in [0.717, 1.165) is 43.5 Å². The van der Waals surface area contributed by atoms with E-state index in [1.807, 2.05) is 11.0 Å². The highest BCUT2D eigenvalue weighted by Gasteiger charge is 2.48. The second kappa shape index (κ2) is 9.73. The van der Waals surface area contributed by atoms with Crippen LogP contribution in [0.3, 0.4) is 0 Å². The third kappa shape index (κ3) is 6.24. The van der Waals surface area contributed by atoms with E-state index < -0.39 is 11.6 Å². The second-order valence-electron chi connectivity index (χ2n) is 8.94. The minimum absolute atomic E-state index is 0.0731. The lowest BCUT2D eigenvalue weighted by Gasteiger charge is -2.39. The summed E-state index contributed by atoms with van der Waals surface area (Å²) in [7, 11) is 0. The van der Waals surface area contributed by atoms with E-state index in [-0.39, 0.29) is 6.54 Å². The number of likely N-dealkylation sites (tertiary alicyclic amines) is 1. The molecule has 164 valence electrons. The van der Waals surface area contributed by atoms with Crippen molar-refractivity contribution in [3.05, 3.63) is 64.6 Å². The molecule has 0 aromatic heterocycles. The fourth-order valence-electron chi connectivity index (χ4n) is 4.00. The average molecular weight is 483 g/mol. The molecule has 6 heteroatoms. The quantitative estimate of drug-likeness (QED) is 0.430. The predicted octanol–water partition coefficient (Wildman–Crippen LogP) is 6.76. The van der Waals surface area contributed by atoms with Gasteiger partial charge in [0.25, 0.3) is 0 Å². The van der Waals surface area contributed by atoms with Crippen molar-refractivity contribution < 1.29 is 13.2 Å². The number of piperidine rings is 1. The molecule has 1 heterocycles. The van der Waals surface area contributed by atoms with Crippen molar-refractivity contribution in [2.45, 2.75) is 39.4 Å². The highest BCUT2D eigenvalue weighted by molar-refractivity contribution is 9.10. The van der Waals surface area contributed by atoms with Gasteiger partial charge in [0, 0.05) is 29.8 Å². The molecule has 30 heavy (non-hydrogen) atoms. The number of benzene rings is 2. The topological polar surface area (TPSA) is 6.48 Å². The number of anilines is 1. The highest BCUT2D eigenvalue weighted by Crippen LogP contribution is 2.38. The van der Waals surface area contributed by atoms with E-state index in [9.17, 15) is 13.2 Å². The first-order chi connectivity index (χ1) is 14.1. The van der Waals surface area contributed by atoms with Gasteiger partial charge in [0.05, 0.1) is 5.41 Å². The van der Waals surface area contributed by atoms with Crippen molar-refractivity contribution in [3.8, 4) is 0 Å². The van der Waals surface area contributed by atoms with Gasteiger partial charge in [0.1, 0.15) is 0 Å². The molecule has 0 radical (unpaired) electrons. The van der Waals surface area contributed by atoms with Gasteiger partial charge in [0.15, 0.2) is 0 Å². The summed E-state index contributed by atoms with van der Waals surface area (Å²) in [5.41, 5.74) is 0.754. The average Bonchev–Trinajstić information content (AvgIpc) is 2.69. The summed E-state index contributed by atoms with van der Waals surface area (Å²) in [5.74, 6) is 0.475. The second-order valence-corrected chi connectivity index (χ2v) is 9.86. The molecule has 0 spiro atoms. The molecule has 1 fully saturated rings. The van der Waals surface area contributed by atoms with Crippen molar-refractivity contribution in [1.82, 2.24) is 4.90 Å². The molecule has 1 aliphatic rings. The summed E-state index contributed by atoms with van der Waals surface area (Å²) in [6.07, 6.45) is -2.32. The molecule has 0 unspecified atom stereocenters. The predicted molar refractivity (Wildman–Crippen MR) is 121 cm³/mol. The fraction of sp³-hybridized carbons (Fsp3) is 0.500. The van der Waals surface area contributed by atoms with Crippen molar-refractivity contribution in [2.24, 2.45) is 11.3 Å². The third-order valence-corrected chi connectivity index (χ3v) is 6.51. The van der Waals surface area contributed by atoms with Gasteiger partial charge in [-0.15, -0.1) is 0 Å². The number of nitrogens with zero attached hydrogens (tertiary/aromatic N) is 2. The van der Waals surface area contributed by atoms with Gasteiger partial charge in [-0.05, 0) is 75.5 Å². The number of hydrogen-bond donors (Lipinski definition) is 0. The zero-order valence-corrected chi connectivity index (χ0v) is 19.2. The molecular weight excluding hydrogens is 453 g/mol. The van der Waals surface area contributed by atoms with Crippen LogP contribution in [0, 0.1) is 11.3 Å². The standard InChI is InChI=1S/C24H30BrF3N2/c1-23(2,24(26,27)28)18-29-14-12-20(13-15-29)17-30(16-19-6-4-3-5-7-19)22-10-8-21(25)9-11-22/h3-11,20H,12-18H2,1-2H3. The maximum absolute atomic E-state index is 13.2. The van der Waals surface area contributed by atoms with E-state index in [2.05, 4.69) is 69.4 Å². The Bertz CT molecular complexity index is 782. The third-order valence-electron chi connectivity index (χ3n) is 5.98. The minimum Gasteiger partial charge on any atom is -0.367 e. The van der Waals surface area contributed by atoms with E-state index in [1.54, 1.807) is 0 Å². The van der Waals surface area contributed by atoms with Crippen molar-refractivity contribution in [2.75, 3.05) is 31.1 Å². The minimum atomic E-state index is -4.17. The Morgan fingerprint density at radius 1 is 0.967 bits per heavy atom. The summed E-state index contributed by atoms with van der Waals surface area (Å²) in [4.78, 5) is 4.37. The molecule has 3 rings (SSSR count). The molecule has 0 atom stereocenters. The Morgan fingerprint density at radius 3 is 2.13 bits per heavy atom. The van der Waals surface area contributed by atoms with Gasteiger partial charge in [-0.1, -0.05) is 46.3 Å². The molecule has 2 aromatic carbocycles. The monoisotopic (exact) mass is 482 g/mol. The maximum atomic E-state index is 13.2. The van der Waals surface area contributed by atoms with Crippen molar-refractivity contribution in [3.63, 3.8) is 0 Å². The molecular formula is C24H30BrF3N2. The van der Waals surface area contributed by atoms with Crippen LogP contribution in [-0.4, -0.2) is 37.3 Å². The molecule has 0 saturated carbocycles. The van der Waals surface area contributed by atoms with Crippen LogP contribution in [-0.2, 0) is 6.54 Å². The Kier molecular flexibility index (Phi) is 7.51. The lowest BCUT2D eigenvalue weighted by atomic mass is 9.89. The zero-order chi connectivity index (χ0) is 21.8. The number of alkyl halides is 3. The largest absolute Gasteiger partial charge is 0.395 e. The van der Waals surface area contributed by atoms with Crippen LogP contribution in [0.5, 0.6) is 0 Å². The fourth-order valence-corrected chi connectivity index (χ4v) is 4.27. The highest BCUT2D eigenvalue weighted by atomic mass is 79.9.